The first-order valence-electron chi connectivity index (χ1n) is 12.5. The van der Waals surface area contributed by atoms with Crippen molar-refractivity contribution in [3.63, 3.8) is 0 Å². The molecule has 2 aliphatic heterocycles. The molecule has 1 amide bonds. The fraction of sp³-hybridized carbons (Fsp3) is 0.536. The molecule has 0 unspecified atom stereocenters. The van der Waals surface area contributed by atoms with Crippen LogP contribution in [0.2, 0.25) is 0 Å². The minimum absolute atomic E-state index is 0.167. The summed E-state index contributed by atoms with van der Waals surface area (Å²) in [5.74, 6) is 1.25. The Kier molecular flexibility index (Phi) is 7.58. The standard InChI is InChI=1S/C28H38FN3O2/c1-21(2)20-34-26-11-7-23(8-12-26)18-31-27(33)17-28(13-15-30(16-14-28)22(3)4)32(31)19-24-5-9-25(29)10-6-24/h5-12,21-22H,13-20H2,1-4H3. The SMILES string of the molecule is CC(C)COc1ccc(CN2C(=O)CC3(CCN(C(C)C)CC3)N2Cc2ccc(F)cc2)cc1. The predicted octanol–water partition coefficient (Wildman–Crippen LogP) is 5.25. The van der Waals surface area contributed by atoms with Crippen molar-refractivity contribution in [2.24, 2.45) is 5.92 Å². The van der Waals surface area contributed by atoms with E-state index in [1.165, 1.54) is 12.1 Å². The summed E-state index contributed by atoms with van der Waals surface area (Å²) < 4.78 is 19.3. The van der Waals surface area contributed by atoms with Gasteiger partial charge in [-0.25, -0.2) is 9.40 Å². The van der Waals surface area contributed by atoms with E-state index in [1.54, 1.807) is 0 Å². The van der Waals surface area contributed by atoms with Crippen molar-refractivity contribution in [2.75, 3.05) is 19.7 Å². The Bertz CT molecular complexity index is 951. The lowest BCUT2D eigenvalue weighted by atomic mass is 9.84. The van der Waals surface area contributed by atoms with E-state index in [-0.39, 0.29) is 17.3 Å². The zero-order chi connectivity index (χ0) is 24.3. The van der Waals surface area contributed by atoms with Crippen LogP contribution < -0.4 is 4.74 Å². The van der Waals surface area contributed by atoms with E-state index in [0.29, 0.717) is 38.1 Å². The summed E-state index contributed by atoms with van der Waals surface area (Å²) >= 11 is 0. The first-order valence-corrected chi connectivity index (χ1v) is 12.5. The average Bonchev–Trinajstić information content (AvgIpc) is 3.05. The number of carbonyl (C=O) groups is 1. The highest BCUT2D eigenvalue weighted by molar-refractivity contribution is 5.79. The quantitative estimate of drug-likeness (QED) is 0.531. The number of halogens is 1. The molecule has 0 N–H and O–H groups in total. The number of ether oxygens (including phenoxy) is 1. The van der Waals surface area contributed by atoms with Crippen LogP contribution in [0, 0.1) is 11.7 Å². The van der Waals surface area contributed by atoms with Crippen molar-refractivity contribution < 1.29 is 13.9 Å². The van der Waals surface area contributed by atoms with E-state index in [4.69, 9.17) is 4.74 Å². The molecule has 184 valence electrons. The predicted molar refractivity (Wildman–Crippen MR) is 133 cm³/mol. The fourth-order valence-electron chi connectivity index (χ4n) is 5.06. The molecule has 0 aliphatic carbocycles. The Morgan fingerprint density at radius 2 is 1.50 bits per heavy atom. The van der Waals surface area contributed by atoms with Gasteiger partial charge in [0.05, 0.1) is 18.7 Å². The monoisotopic (exact) mass is 467 g/mol. The molecule has 2 aromatic rings. The molecular weight excluding hydrogens is 429 g/mol. The maximum Gasteiger partial charge on any atom is 0.239 e. The maximum atomic E-state index is 13.5. The molecule has 0 bridgehead atoms. The number of likely N-dealkylation sites (tertiary alicyclic amines) is 1. The normalized spacial score (nSPS) is 19.0. The van der Waals surface area contributed by atoms with Gasteiger partial charge in [-0.1, -0.05) is 38.1 Å². The molecule has 2 fully saturated rings. The second-order valence-electron chi connectivity index (χ2n) is 10.5. The van der Waals surface area contributed by atoms with Crippen molar-refractivity contribution in [2.45, 2.75) is 71.6 Å². The van der Waals surface area contributed by atoms with Crippen LogP contribution in [0.4, 0.5) is 4.39 Å². The van der Waals surface area contributed by atoms with Gasteiger partial charge < -0.3 is 9.64 Å². The number of hydrogen-bond acceptors (Lipinski definition) is 4. The molecule has 5 nitrogen and oxygen atoms in total. The van der Waals surface area contributed by atoms with Gasteiger partial charge in [0, 0.05) is 32.1 Å². The van der Waals surface area contributed by atoms with Crippen molar-refractivity contribution >= 4 is 5.91 Å². The molecule has 34 heavy (non-hydrogen) atoms. The molecule has 2 heterocycles. The van der Waals surface area contributed by atoms with E-state index in [2.05, 4.69) is 37.6 Å². The minimum Gasteiger partial charge on any atom is -0.493 e. The fourth-order valence-corrected chi connectivity index (χ4v) is 5.06. The molecule has 0 saturated carbocycles. The molecule has 2 aliphatic rings. The summed E-state index contributed by atoms with van der Waals surface area (Å²) in [7, 11) is 0. The van der Waals surface area contributed by atoms with E-state index in [1.807, 2.05) is 41.4 Å². The van der Waals surface area contributed by atoms with Crippen molar-refractivity contribution in [3.05, 3.63) is 65.5 Å². The minimum atomic E-state index is -0.238. The van der Waals surface area contributed by atoms with Crippen LogP contribution in [0.1, 0.15) is 58.1 Å². The van der Waals surface area contributed by atoms with Gasteiger partial charge in [0.1, 0.15) is 11.6 Å². The topological polar surface area (TPSA) is 36.0 Å². The number of carbonyl (C=O) groups excluding carboxylic acids is 1. The van der Waals surface area contributed by atoms with Gasteiger partial charge >= 0.3 is 0 Å². The largest absolute Gasteiger partial charge is 0.493 e. The van der Waals surface area contributed by atoms with Gasteiger partial charge in [0.15, 0.2) is 0 Å². The van der Waals surface area contributed by atoms with Crippen molar-refractivity contribution in [1.29, 1.82) is 0 Å². The molecule has 6 heteroatoms. The molecule has 2 aromatic carbocycles. The lowest BCUT2D eigenvalue weighted by Crippen LogP contribution is -2.55. The summed E-state index contributed by atoms with van der Waals surface area (Å²) in [4.78, 5) is 15.8. The highest BCUT2D eigenvalue weighted by Crippen LogP contribution is 2.41. The van der Waals surface area contributed by atoms with Gasteiger partial charge in [0.25, 0.3) is 0 Å². The van der Waals surface area contributed by atoms with Gasteiger partial charge in [0.2, 0.25) is 5.91 Å². The van der Waals surface area contributed by atoms with Crippen LogP contribution in [0.3, 0.4) is 0 Å². The third kappa shape index (κ3) is 5.61. The maximum absolute atomic E-state index is 13.5. The second kappa shape index (κ2) is 10.4. The van der Waals surface area contributed by atoms with Crippen LogP contribution in [0.15, 0.2) is 48.5 Å². The van der Waals surface area contributed by atoms with E-state index < -0.39 is 0 Å². The van der Waals surface area contributed by atoms with Crippen LogP contribution in [-0.4, -0.2) is 52.1 Å². The first kappa shape index (κ1) is 24.7. The Balaban J connectivity index is 1.54. The Morgan fingerprint density at radius 1 is 0.912 bits per heavy atom. The molecule has 1 spiro atoms. The van der Waals surface area contributed by atoms with Crippen LogP contribution in [0.25, 0.3) is 0 Å². The second-order valence-corrected chi connectivity index (χ2v) is 10.5. The smallest absolute Gasteiger partial charge is 0.239 e. The number of benzene rings is 2. The summed E-state index contributed by atoms with van der Waals surface area (Å²) in [5, 5.41) is 4.21. The van der Waals surface area contributed by atoms with Gasteiger partial charge in [-0.3, -0.25) is 9.80 Å². The van der Waals surface area contributed by atoms with Crippen LogP contribution in [-0.2, 0) is 17.9 Å². The third-order valence-corrected chi connectivity index (χ3v) is 7.15. The molecule has 0 radical (unpaired) electrons. The zero-order valence-electron chi connectivity index (χ0n) is 21.0. The molecule has 0 aromatic heterocycles. The highest BCUT2D eigenvalue weighted by atomic mass is 19.1. The van der Waals surface area contributed by atoms with Gasteiger partial charge in [-0.05, 0) is 68.0 Å². The number of rotatable bonds is 8. The van der Waals surface area contributed by atoms with Gasteiger partial charge in [-0.15, -0.1) is 0 Å². The number of nitrogens with zero attached hydrogens (tertiary/aromatic N) is 3. The summed E-state index contributed by atoms with van der Waals surface area (Å²) in [5.41, 5.74) is 1.91. The van der Waals surface area contributed by atoms with E-state index in [9.17, 15) is 9.18 Å². The molecule has 0 atom stereocenters. The lowest BCUT2D eigenvalue weighted by molar-refractivity contribution is -0.146. The Morgan fingerprint density at radius 3 is 2.09 bits per heavy atom. The Labute approximate surface area is 203 Å². The number of hydrogen-bond donors (Lipinski definition) is 0. The molecular formula is C28H38FN3O2. The highest BCUT2D eigenvalue weighted by Gasteiger charge is 2.51. The van der Waals surface area contributed by atoms with Crippen LogP contribution in [0.5, 0.6) is 5.75 Å². The zero-order valence-corrected chi connectivity index (χ0v) is 21.0. The van der Waals surface area contributed by atoms with Crippen molar-refractivity contribution in [1.82, 2.24) is 14.9 Å². The van der Waals surface area contributed by atoms with Gasteiger partial charge in [-0.2, -0.15) is 0 Å². The number of piperidine rings is 1. The summed E-state index contributed by atoms with van der Waals surface area (Å²) in [6, 6.07) is 15.2. The third-order valence-electron chi connectivity index (χ3n) is 7.15. The first-order chi connectivity index (χ1) is 16.3. The lowest BCUT2D eigenvalue weighted by Gasteiger charge is -2.47. The molecule has 2 saturated heterocycles. The number of amides is 1. The average molecular weight is 468 g/mol. The number of hydrazine groups is 1. The van der Waals surface area contributed by atoms with Crippen LogP contribution >= 0.6 is 0 Å². The summed E-state index contributed by atoms with van der Waals surface area (Å²) in [6.45, 7) is 12.5. The summed E-state index contributed by atoms with van der Waals surface area (Å²) in [6.07, 6.45) is 2.45. The Hall–Kier alpha value is -2.44. The molecule has 4 rings (SSSR count). The van der Waals surface area contributed by atoms with E-state index >= 15 is 0 Å². The van der Waals surface area contributed by atoms with E-state index in [0.717, 1.165) is 42.8 Å². The van der Waals surface area contributed by atoms with Crippen molar-refractivity contribution in [3.8, 4) is 5.75 Å².